The van der Waals surface area contributed by atoms with Crippen LogP contribution in [0.1, 0.15) is 25.7 Å². The Morgan fingerprint density at radius 1 is 0.955 bits per heavy atom. The van der Waals surface area contributed by atoms with Crippen LogP contribution in [0.4, 0.5) is 0 Å². The van der Waals surface area contributed by atoms with Gasteiger partial charge in [-0.3, -0.25) is 9.59 Å². The Morgan fingerprint density at radius 3 is 1.64 bits per heavy atom. The van der Waals surface area contributed by atoms with Crippen LogP contribution in [0.3, 0.4) is 0 Å². The number of alkyl halides is 2. The van der Waals surface area contributed by atoms with Crippen molar-refractivity contribution < 1.29 is 29.3 Å². The van der Waals surface area contributed by atoms with Gasteiger partial charge in [0.1, 0.15) is 8.22 Å². The van der Waals surface area contributed by atoms with Gasteiger partial charge in [0.25, 0.3) is 0 Å². The third-order valence-electron chi connectivity index (χ3n) is 3.24. The fraction of sp³-hybridized carbons (Fsp3) is 0.714. The minimum absolute atomic E-state index is 0.131. The summed E-state index contributed by atoms with van der Waals surface area (Å²) in [6, 6.07) is 0. The molecular formula is C14H20I2O6. The first-order valence-corrected chi connectivity index (χ1v) is 9.53. The van der Waals surface area contributed by atoms with Gasteiger partial charge in [-0.2, -0.15) is 0 Å². The molecule has 0 amide bonds. The highest BCUT2D eigenvalue weighted by atomic mass is 127. The van der Waals surface area contributed by atoms with Gasteiger partial charge >= 0.3 is 11.9 Å². The number of hydrogen-bond donors (Lipinski definition) is 2. The summed E-state index contributed by atoms with van der Waals surface area (Å²) >= 11 is 3.67. The molecule has 1 aliphatic carbocycles. The van der Waals surface area contributed by atoms with Crippen LogP contribution in [0.2, 0.25) is 0 Å². The number of halogens is 2. The lowest BCUT2D eigenvalue weighted by molar-refractivity contribution is -0.161. The number of ether oxygens (including phenoxy) is 2. The predicted molar refractivity (Wildman–Crippen MR) is 96.6 cm³/mol. The molecule has 0 bridgehead atoms. The maximum Gasteiger partial charge on any atom is 0.310 e. The third-order valence-corrected chi connectivity index (χ3v) is 4.48. The summed E-state index contributed by atoms with van der Waals surface area (Å²) in [6.07, 6.45) is 5.32. The van der Waals surface area contributed by atoms with Crippen LogP contribution in [0.5, 0.6) is 0 Å². The molecule has 0 aromatic rings. The smallest absolute Gasteiger partial charge is 0.310 e. The summed E-state index contributed by atoms with van der Waals surface area (Å²) in [5.41, 5.74) is 0. The first kappa shape index (κ1) is 20.1. The Kier molecular flexibility index (Phi) is 9.84. The van der Waals surface area contributed by atoms with Gasteiger partial charge in [-0.15, -0.1) is 0 Å². The molecule has 2 N–H and O–H groups in total. The second kappa shape index (κ2) is 10.8. The zero-order valence-electron chi connectivity index (χ0n) is 12.0. The number of allylic oxidation sites excluding steroid dienone is 2. The van der Waals surface area contributed by atoms with Crippen LogP contribution in [0.25, 0.3) is 0 Å². The predicted octanol–water partition coefficient (Wildman–Crippen LogP) is 1.94. The fourth-order valence-corrected chi connectivity index (χ4v) is 2.57. The number of hydrogen-bond acceptors (Lipinski definition) is 6. The minimum Gasteiger partial charge on any atom is -0.465 e. The van der Waals surface area contributed by atoms with Crippen molar-refractivity contribution in [2.24, 2.45) is 11.8 Å². The van der Waals surface area contributed by atoms with E-state index in [0.717, 1.165) is 0 Å². The van der Waals surface area contributed by atoms with E-state index in [2.05, 4.69) is 0 Å². The van der Waals surface area contributed by atoms with Crippen molar-refractivity contribution >= 4 is 57.1 Å². The van der Waals surface area contributed by atoms with E-state index in [0.29, 0.717) is 25.7 Å². The quantitative estimate of drug-likeness (QED) is 0.213. The number of aliphatic hydroxyl groups is 2. The molecule has 22 heavy (non-hydrogen) atoms. The fourth-order valence-electron chi connectivity index (χ4n) is 2.06. The number of rotatable bonds is 8. The first-order valence-electron chi connectivity index (χ1n) is 7.04. The van der Waals surface area contributed by atoms with Crippen molar-refractivity contribution in [3.05, 3.63) is 12.2 Å². The van der Waals surface area contributed by atoms with Crippen molar-refractivity contribution in [1.82, 2.24) is 0 Å². The van der Waals surface area contributed by atoms with Gasteiger partial charge in [-0.05, 0) is 12.8 Å². The molecule has 0 aromatic heterocycles. The van der Waals surface area contributed by atoms with Gasteiger partial charge in [0.2, 0.25) is 0 Å². The summed E-state index contributed by atoms with van der Waals surface area (Å²) in [5.74, 6) is -1.96. The van der Waals surface area contributed by atoms with Gasteiger partial charge in [0.15, 0.2) is 0 Å². The highest BCUT2D eigenvalue weighted by Crippen LogP contribution is 2.28. The van der Waals surface area contributed by atoms with Crippen molar-refractivity contribution in [3.8, 4) is 0 Å². The summed E-state index contributed by atoms with van der Waals surface area (Å²) in [5, 5.41) is 18.3. The van der Waals surface area contributed by atoms with E-state index < -0.39 is 32.0 Å². The monoisotopic (exact) mass is 538 g/mol. The highest BCUT2D eigenvalue weighted by molar-refractivity contribution is 14.1. The molecule has 0 fully saturated rings. The third kappa shape index (κ3) is 7.55. The second-order valence-electron chi connectivity index (χ2n) is 4.94. The minimum atomic E-state index is -0.558. The normalized spacial score (nSPS) is 23.6. The topological polar surface area (TPSA) is 93.1 Å². The molecule has 0 heterocycles. The summed E-state index contributed by atoms with van der Waals surface area (Å²) in [6.45, 7) is 0.262. The van der Waals surface area contributed by atoms with Gasteiger partial charge in [-0.25, -0.2) is 0 Å². The van der Waals surface area contributed by atoms with Crippen LogP contribution in [-0.2, 0) is 19.1 Å². The van der Waals surface area contributed by atoms with Crippen LogP contribution < -0.4 is 0 Å². The van der Waals surface area contributed by atoms with E-state index in [1.54, 1.807) is 0 Å². The molecule has 0 saturated heterocycles. The molecule has 0 saturated carbocycles. The Balaban J connectivity index is 2.50. The lowest BCUT2D eigenvalue weighted by Crippen LogP contribution is -2.34. The molecule has 1 rings (SSSR count). The molecule has 0 spiro atoms. The molecular weight excluding hydrogens is 518 g/mol. The van der Waals surface area contributed by atoms with Crippen molar-refractivity contribution in [3.63, 3.8) is 0 Å². The lowest BCUT2D eigenvalue weighted by Gasteiger charge is -2.25. The summed E-state index contributed by atoms with van der Waals surface area (Å²) < 4.78 is 9.14. The van der Waals surface area contributed by atoms with Gasteiger partial charge in [-0.1, -0.05) is 57.3 Å². The number of carbonyl (C=O) groups is 2. The molecule has 0 aliphatic heterocycles. The zero-order chi connectivity index (χ0) is 16.5. The first-order chi connectivity index (χ1) is 10.4. The largest absolute Gasteiger partial charge is 0.465 e. The van der Waals surface area contributed by atoms with Crippen molar-refractivity contribution in [2.45, 2.75) is 33.9 Å². The molecule has 1 aliphatic rings. The van der Waals surface area contributed by atoms with Gasteiger partial charge in [0.05, 0.1) is 25.0 Å². The molecule has 8 heteroatoms. The van der Waals surface area contributed by atoms with E-state index in [-0.39, 0.29) is 13.2 Å². The van der Waals surface area contributed by atoms with Gasteiger partial charge in [0, 0.05) is 12.8 Å². The van der Waals surface area contributed by atoms with E-state index in [4.69, 9.17) is 19.7 Å². The van der Waals surface area contributed by atoms with E-state index in [1.807, 2.05) is 57.3 Å². The second-order valence-corrected chi connectivity index (χ2v) is 7.81. The highest BCUT2D eigenvalue weighted by Gasteiger charge is 2.36. The number of aliphatic hydroxyl groups excluding tert-OH is 2. The van der Waals surface area contributed by atoms with Crippen LogP contribution in [0.15, 0.2) is 12.2 Å². The Hall–Kier alpha value is 0.0600. The number of carbonyl (C=O) groups excluding carboxylic acids is 2. The SMILES string of the molecule is O=C(OCCC(O)I)C1CC=CCC1C(=O)OCCC(O)I. The summed E-state index contributed by atoms with van der Waals surface area (Å²) in [7, 11) is 0. The number of esters is 2. The van der Waals surface area contributed by atoms with Crippen LogP contribution in [-0.4, -0.2) is 43.6 Å². The average molecular weight is 538 g/mol. The van der Waals surface area contributed by atoms with E-state index in [9.17, 15) is 9.59 Å². The molecule has 0 radical (unpaired) electrons. The molecule has 6 nitrogen and oxygen atoms in total. The average Bonchev–Trinajstić information content (AvgIpc) is 2.46. The van der Waals surface area contributed by atoms with Crippen LogP contribution in [0, 0.1) is 11.8 Å². The molecule has 126 valence electrons. The Bertz CT molecular complexity index is 361. The maximum absolute atomic E-state index is 12.1. The molecule has 4 atom stereocenters. The Labute approximate surface area is 156 Å². The van der Waals surface area contributed by atoms with Gasteiger partial charge < -0.3 is 19.7 Å². The molecule has 0 aromatic carbocycles. The van der Waals surface area contributed by atoms with Crippen LogP contribution >= 0.6 is 45.2 Å². The molecule has 4 unspecified atom stereocenters. The van der Waals surface area contributed by atoms with E-state index in [1.165, 1.54) is 0 Å². The van der Waals surface area contributed by atoms with Crippen molar-refractivity contribution in [2.75, 3.05) is 13.2 Å². The maximum atomic E-state index is 12.1. The zero-order valence-corrected chi connectivity index (χ0v) is 16.3. The van der Waals surface area contributed by atoms with E-state index >= 15 is 0 Å². The lowest BCUT2D eigenvalue weighted by atomic mass is 9.83. The standard InChI is InChI=1S/C14H20I2O6/c15-11(17)5-7-21-13(19)9-3-1-2-4-10(9)14(20)22-8-6-12(16)18/h1-2,9-12,17-18H,3-8H2. The Morgan fingerprint density at radius 2 is 1.32 bits per heavy atom. The van der Waals surface area contributed by atoms with Crippen molar-refractivity contribution in [1.29, 1.82) is 0 Å². The summed E-state index contributed by atoms with van der Waals surface area (Å²) in [4.78, 5) is 24.2.